The van der Waals surface area contributed by atoms with Crippen molar-refractivity contribution < 1.29 is 4.74 Å². The van der Waals surface area contributed by atoms with E-state index >= 15 is 0 Å². The van der Waals surface area contributed by atoms with Gasteiger partial charge in [0, 0.05) is 11.8 Å². The first-order chi connectivity index (χ1) is 6.84. The molecular weight excluding hydrogens is 194 g/mol. The van der Waals surface area contributed by atoms with Crippen LogP contribution in [0.1, 0.15) is 6.42 Å². The molecule has 14 heavy (non-hydrogen) atoms. The highest BCUT2D eigenvalue weighted by molar-refractivity contribution is 8.00. The van der Waals surface area contributed by atoms with Crippen molar-refractivity contribution >= 4 is 17.4 Å². The quantitative estimate of drug-likeness (QED) is 0.773. The van der Waals surface area contributed by atoms with Crippen LogP contribution in [0.5, 0.6) is 5.75 Å². The molecule has 0 unspecified atom stereocenters. The number of ether oxygens (including phenoxy) is 1. The van der Waals surface area contributed by atoms with Crippen LogP contribution in [0.2, 0.25) is 0 Å². The van der Waals surface area contributed by atoms with E-state index < -0.39 is 0 Å². The first-order valence-electron chi connectivity index (χ1n) is 4.90. The predicted octanol–water partition coefficient (Wildman–Crippen LogP) is 2.40. The number of hydrogen-bond donors (Lipinski definition) is 1. The van der Waals surface area contributed by atoms with E-state index in [0.717, 1.165) is 24.0 Å². The molecule has 76 valence electrons. The van der Waals surface area contributed by atoms with Crippen LogP contribution >= 0.6 is 11.8 Å². The molecular formula is C11H15NOS. The Morgan fingerprint density at radius 2 is 2.29 bits per heavy atom. The number of nitrogen functional groups attached to an aromatic ring is 1. The van der Waals surface area contributed by atoms with Gasteiger partial charge < -0.3 is 10.5 Å². The van der Waals surface area contributed by atoms with Crippen LogP contribution in [-0.4, -0.2) is 18.1 Å². The Morgan fingerprint density at radius 1 is 1.43 bits per heavy atom. The maximum Gasteiger partial charge on any atom is 0.121 e. The maximum atomic E-state index is 5.64. The van der Waals surface area contributed by atoms with Gasteiger partial charge in [-0.25, -0.2) is 0 Å². The molecule has 2 rings (SSSR count). The van der Waals surface area contributed by atoms with Crippen molar-refractivity contribution in [2.45, 2.75) is 6.42 Å². The highest BCUT2D eigenvalue weighted by Gasteiger charge is 2.17. The fourth-order valence-electron chi connectivity index (χ4n) is 1.40. The molecule has 1 saturated heterocycles. The molecule has 1 aliphatic heterocycles. The Kier molecular flexibility index (Phi) is 3.19. The summed E-state index contributed by atoms with van der Waals surface area (Å²) in [5, 5.41) is 0. The summed E-state index contributed by atoms with van der Waals surface area (Å²) in [7, 11) is 0. The van der Waals surface area contributed by atoms with E-state index in [0.29, 0.717) is 0 Å². The number of anilines is 1. The fraction of sp³-hybridized carbons (Fsp3) is 0.455. The van der Waals surface area contributed by atoms with Gasteiger partial charge in [0.25, 0.3) is 0 Å². The van der Waals surface area contributed by atoms with Crippen LogP contribution in [0.3, 0.4) is 0 Å². The molecule has 0 atom stereocenters. The molecule has 3 heteroatoms. The Bertz CT molecular complexity index is 299. The zero-order valence-corrected chi connectivity index (χ0v) is 8.93. The minimum Gasteiger partial charge on any atom is -0.494 e. The molecule has 2 nitrogen and oxygen atoms in total. The lowest BCUT2D eigenvalue weighted by atomic mass is 10.1. The van der Waals surface area contributed by atoms with E-state index in [4.69, 9.17) is 10.5 Å². The second kappa shape index (κ2) is 4.60. The summed E-state index contributed by atoms with van der Waals surface area (Å²) in [5.74, 6) is 4.37. The first-order valence-corrected chi connectivity index (χ1v) is 6.06. The summed E-state index contributed by atoms with van der Waals surface area (Å²) in [6.45, 7) is 0.814. The normalized spacial score (nSPS) is 16.3. The molecule has 1 heterocycles. The van der Waals surface area contributed by atoms with E-state index in [1.54, 1.807) is 0 Å². The van der Waals surface area contributed by atoms with Gasteiger partial charge in [-0.1, -0.05) is 6.07 Å². The lowest BCUT2D eigenvalue weighted by molar-refractivity contribution is 0.289. The van der Waals surface area contributed by atoms with Gasteiger partial charge in [-0.2, -0.15) is 11.8 Å². The number of rotatable bonds is 4. The highest BCUT2D eigenvalue weighted by Crippen LogP contribution is 2.27. The Labute approximate surface area is 88.8 Å². The van der Waals surface area contributed by atoms with E-state index in [1.165, 1.54) is 17.9 Å². The first kappa shape index (κ1) is 9.71. The molecule has 1 aliphatic rings. The number of thioether (sulfide) groups is 1. The van der Waals surface area contributed by atoms with Crippen LogP contribution in [0.15, 0.2) is 24.3 Å². The van der Waals surface area contributed by atoms with Gasteiger partial charge in [-0.3, -0.25) is 0 Å². The van der Waals surface area contributed by atoms with Gasteiger partial charge in [-0.05, 0) is 36.0 Å². The molecule has 0 saturated carbocycles. The van der Waals surface area contributed by atoms with Crippen molar-refractivity contribution in [1.29, 1.82) is 0 Å². The average Bonchev–Trinajstić information content (AvgIpc) is 2.09. The van der Waals surface area contributed by atoms with Crippen molar-refractivity contribution in [1.82, 2.24) is 0 Å². The van der Waals surface area contributed by atoms with Gasteiger partial charge in [0.2, 0.25) is 0 Å². The lowest BCUT2D eigenvalue weighted by Crippen LogP contribution is -2.20. The molecule has 1 aromatic rings. The van der Waals surface area contributed by atoms with E-state index in [2.05, 4.69) is 0 Å². The van der Waals surface area contributed by atoms with Gasteiger partial charge >= 0.3 is 0 Å². The van der Waals surface area contributed by atoms with Crippen molar-refractivity contribution in [2.24, 2.45) is 5.92 Å². The lowest BCUT2D eigenvalue weighted by Gasteiger charge is -2.24. The third-order valence-corrected chi connectivity index (χ3v) is 3.77. The van der Waals surface area contributed by atoms with Gasteiger partial charge in [0.05, 0.1) is 6.61 Å². The highest BCUT2D eigenvalue weighted by atomic mass is 32.2. The van der Waals surface area contributed by atoms with Gasteiger partial charge in [0.1, 0.15) is 5.75 Å². The van der Waals surface area contributed by atoms with E-state index in [-0.39, 0.29) is 0 Å². The topological polar surface area (TPSA) is 35.2 Å². The van der Waals surface area contributed by atoms with E-state index in [9.17, 15) is 0 Å². The molecule has 0 bridgehead atoms. The number of nitrogens with two attached hydrogens (primary N) is 1. The van der Waals surface area contributed by atoms with Crippen LogP contribution in [0.25, 0.3) is 0 Å². The second-order valence-electron chi connectivity index (χ2n) is 3.61. The fourth-order valence-corrected chi connectivity index (χ4v) is 2.30. The predicted molar refractivity (Wildman–Crippen MR) is 61.8 cm³/mol. The van der Waals surface area contributed by atoms with Crippen LogP contribution in [0.4, 0.5) is 5.69 Å². The molecule has 0 aromatic heterocycles. The average molecular weight is 209 g/mol. The van der Waals surface area contributed by atoms with Gasteiger partial charge in [-0.15, -0.1) is 0 Å². The largest absolute Gasteiger partial charge is 0.494 e. The van der Waals surface area contributed by atoms with Crippen LogP contribution < -0.4 is 10.5 Å². The molecule has 0 spiro atoms. The molecule has 1 aromatic carbocycles. The summed E-state index contributed by atoms with van der Waals surface area (Å²) in [6.07, 6.45) is 1.17. The summed E-state index contributed by atoms with van der Waals surface area (Å²) < 4.78 is 5.60. The minimum atomic E-state index is 0.765. The third kappa shape index (κ3) is 2.58. The van der Waals surface area contributed by atoms with Crippen molar-refractivity contribution in [3.05, 3.63) is 24.3 Å². The van der Waals surface area contributed by atoms with Crippen molar-refractivity contribution in [3.8, 4) is 5.75 Å². The second-order valence-corrected chi connectivity index (χ2v) is 4.69. The summed E-state index contributed by atoms with van der Waals surface area (Å²) >= 11 is 2.02. The molecule has 2 N–H and O–H groups in total. The maximum absolute atomic E-state index is 5.64. The van der Waals surface area contributed by atoms with Crippen molar-refractivity contribution in [2.75, 3.05) is 23.8 Å². The van der Waals surface area contributed by atoms with E-state index in [1.807, 2.05) is 36.0 Å². The van der Waals surface area contributed by atoms with Crippen LogP contribution in [-0.2, 0) is 0 Å². The van der Waals surface area contributed by atoms with Crippen LogP contribution in [0, 0.1) is 5.92 Å². The standard InChI is InChI=1S/C11H15NOS/c12-10-2-1-3-11(6-10)13-5-4-9-7-14-8-9/h1-3,6,9H,4-5,7-8,12H2. The van der Waals surface area contributed by atoms with Crippen molar-refractivity contribution in [3.63, 3.8) is 0 Å². The monoisotopic (exact) mass is 209 g/mol. The molecule has 0 aliphatic carbocycles. The summed E-state index contributed by atoms with van der Waals surface area (Å²) in [6, 6.07) is 7.61. The SMILES string of the molecule is Nc1cccc(OCCC2CSC2)c1. The summed E-state index contributed by atoms with van der Waals surface area (Å²) in [5.41, 5.74) is 6.41. The Morgan fingerprint density at radius 3 is 2.93 bits per heavy atom. The smallest absolute Gasteiger partial charge is 0.121 e. The molecule has 0 amide bonds. The number of hydrogen-bond acceptors (Lipinski definition) is 3. The zero-order valence-electron chi connectivity index (χ0n) is 8.11. The molecule has 0 radical (unpaired) electrons. The third-order valence-electron chi connectivity index (χ3n) is 2.36. The summed E-state index contributed by atoms with van der Waals surface area (Å²) in [4.78, 5) is 0. The Hall–Kier alpha value is -0.830. The van der Waals surface area contributed by atoms with Gasteiger partial charge in [0.15, 0.2) is 0 Å². The minimum absolute atomic E-state index is 0.765. The number of benzene rings is 1. The molecule has 1 fully saturated rings. The zero-order chi connectivity index (χ0) is 9.80. The Balaban J connectivity index is 1.74.